The second-order valence-electron chi connectivity index (χ2n) is 7.93. The fourth-order valence-electron chi connectivity index (χ4n) is 3.81. The van der Waals surface area contributed by atoms with Crippen LogP contribution in [0.2, 0.25) is 0 Å². The summed E-state index contributed by atoms with van der Waals surface area (Å²) in [5, 5.41) is 2.12. The Balaban J connectivity index is 1.25. The van der Waals surface area contributed by atoms with Crippen LogP contribution in [0.25, 0.3) is 21.0 Å². The number of thiophene rings is 1. The van der Waals surface area contributed by atoms with E-state index in [1.807, 2.05) is 79.7 Å². The number of hydrogen-bond donors (Lipinski definition) is 0. The Morgan fingerprint density at radius 1 is 0.882 bits per heavy atom. The molecule has 0 saturated carbocycles. The largest absolute Gasteiger partial charge is 0.489 e. The van der Waals surface area contributed by atoms with E-state index in [0.29, 0.717) is 18.1 Å². The zero-order valence-corrected chi connectivity index (χ0v) is 19.7. The van der Waals surface area contributed by atoms with Gasteiger partial charge in [-0.15, -0.1) is 11.3 Å². The Kier molecular flexibility index (Phi) is 6.14. The lowest BCUT2D eigenvalue weighted by molar-refractivity contribution is 0.0605. The van der Waals surface area contributed by atoms with Gasteiger partial charge in [0.2, 0.25) is 0 Å². The number of para-hydroxylation sites is 1. The third-order valence-corrected chi connectivity index (χ3v) is 6.88. The standard InChI is InChI=1S/C28H23NO4S/c1-18-24-15-23(12-13-26(24)34-27(18)28(30)31-2)32-16-19-6-5-8-22(14-19)33-17-21-11-10-20-7-3-4-9-25(20)29-21/h3-15H,16-17H2,1-2H3. The van der Waals surface area contributed by atoms with Gasteiger partial charge in [0.25, 0.3) is 0 Å². The summed E-state index contributed by atoms with van der Waals surface area (Å²) < 4.78 is 17.9. The number of rotatable bonds is 7. The second-order valence-corrected chi connectivity index (χ2v) is 8.98. The van der Waals surface area contributed by atoms with E-state index < -0.39 is 0 Å². The van der Waals surface area contributed by atoms with Crippen LogP contribution in [0.15, 0.2) is 78.9 Å². The van der Waals surface area contributed by atoms with Crippen LogP contribution in [0.5, 0.6) is 11.5 Å². The van der Waals surface area contributed by atoms with Gasteiger partial charge in [0.15, 0.2) is 0 Å². The monoisotopic (exact) mass is 469 g/mol. The van der Waals surface area contributed by atoms with Crippen molar-refractivity contribution in [1.29, 1.82) is 0 Å². The third kappa shape index (κ3) is 4.58. The predicted octanol–water partition coefficient (Wildman–Crippen LogP) is 6.70. The van der Waals surface area contributed by atoms with Crippen LogP contribution in [0.4, 0.5) is 0 Å². The van der Waals surface area contributed by atoms with Crippen molar-refractivity contribution in [3.63, 3.8) is 0 Å². The molecule has 5 rings (SSSR count). The summed E-state index contributed by atoms with van der Waals surface area (Å²) in [7, 11) is 1.40. The average Bonchev–Trinajstić information content (AvgIpc) is 3.21. The van der Waals surface area contributed by atoms with Gasteiger partial charge in [0, 0.05) is 10.1 Å². The van der Waals surface area contributed by atoms with Crippen molar-refractivity contribution >= 4 is 38.3 Å². The highest BCUT2D eigenvalue weighted by Gasteiger charge is 2.16. The van der Waals surface area contributed by atoms with E-state index in [9.17, 15) is 4.79 Å². The Morgan fingerprint density at radius 2 is 1.71 bits per heavy atom. The highest BCUT2D eigenvalue weighted by atomic mass is 32.1. The van der Waals surface area contributed by atoms with Crippen LogP contribution in [-0.2, 0) is 18.0 Å². The summed E-state index contributed by atoms with van der Waals surface area (Å²) >= 11 is 1.43. The SMILES string of the molecule is COC(=O)c1sc2ccc(OCc3cccc(OCc4ccc5ccccc5n4)c3)cc2c1C. The molecule has 170 valence electrons. The van der Waals surface area contributed by atoms with E-state index in [1.165, 1.54) is 18.4 Å². The molecule has 0 aliphatic carbocycles. The minimum atomic E-state index is -0.308. The number of nitrogens with zero attached hydrogens (tertiary/aromatic N) is 1. The van der Waals surface area contributed by atoms with Crippen molar-refractivity contribution < 1.29 is 19.0 Å². The molecule has 5 nitrogen and oxygen atoms in total. The van der Waals surface area contributed by atoms with Crippen molar-refractivity contribution in [3.05, 3.63) is 101 Å². The van der Waals surface area contributed by atoms with E-state index in [-0.39, 0.29) is 5.97 Å². The van der Waals surface area contributed by atoms with Crippen molar-refractivity contribution in [2.24, 2.45) is 0 Å². The van der Waals surface area contributed by atoms with Crippen molar-refractivity contribution in [1.82, 2.24) is 4.98 Å². The number of benzene rings is 3. The first-order valence-electron chi connectivity index (χ1n) is 10.9. The number of methoxy groups -OCH3 is 1. The van der Waals surface area contributed by atoms with Crippen molar-refractivity contribution in [2.75, 3.05) is 7.11 Å². The van der Waals surface area contributed by atoms with E-state index in [4.69, 9.17) is 14.2 Å². The molecule has 5 aromatic rings. The number of fused-ring (bicyclic) bond motifs is 2. The van der Waals surface area contributed by atoms with E-state index in [0.717, 1.165) is 49.3 Å². The first-order chi connectivity index (χ1) is 16.6. The second kappa shape index (κ2) is 9.53. The Labute approximate surface area is 201 Å². The van der Waals surface area contributed by atoms with E-state index in [2.05, 4.69) is 11.1 Å². The van der Waals surface area contributed by atoms with Gasteiger partial charge in [0.1, 0.15) is 29.6 Å². The highest BCUT2D eigenvalue weighted by molar-refractivity contribution is 7.21. The Bertz CT molecular complexity index is 1490. The fourth-order valence-corrected chi connectivity index (χ4v) is 4.92. The molecule has 0 aliphatic heterocycles. The molecule has 0 fully saturated rings. The molecule has 0 N–H and O–H groups in total. The number of carbonyl (C=O) groups is 1. The molecular formula is C28H23NO4S. The van der Waals surface area contributed by atoms with Gasteiger partial charge in [-0.3, -0.25) is 0 Å². The lowest BCUT2D eigenvalue weighted by atomic mass is 10.1. The molecule has 0 bridgehead atoms. The summed E-state index contributed by atoms with van der Waals surface area (Å²) in [6.45, 7) is 2.73. The number of esters is 1. The fraction of sp³-hybridized carbons (Fsp3) is 0.143. The molecule has 0 unspecified atom stereocenters. The number of pyridine rings is 1. The number of aromatic nitrogens is 1. The molecule has 0 aliphatic rings. The van der Waals surface area contributed by atoms with Gasteiger partial charge in [-0.05, 0) is 65.9 Å². The minimum absolute atomic E-state index is 0.308. The summed E-state index contributed by atoms with van der Waals surface area (Å²) in [5.41, 5.74) is 3.75. The molecule has 0 saturated heterocycles. The summed E-state index contributed by atoms with van der Waals surface area (Å²) in [5.74, 6) is 1.20. The van der Waals surface area contributed by atoms with Crippen LogP contribution < -0.4 is 9.47 Å². The van der Waals surface area contributed by atoms with Crippen LogP contribution >= 0.6 is 11.3 Å². The van der Waals surface area contributed by atoms with Gasteiger partial charge >= 0.3 is 5.97 Å². The zero-order valence-electron chi connectivity index (χ0n) is 18.9. The molecule has 0 amide bonds. The smallest absolute Gasteiger partial charge is 0.348 e. The summed E-state index contributed by atoms with van der Waals surface area (Å²) in [4.78, 5) is 17.3. The lowest BCUT2D eigenvalue weighted by Gasteiger charge is -2.10. The molecule has 0 atom stereocenters. The topological polar surface area (TPSA) is 57.7 Å². The molecule has 0 radical (unpaired) electrons. The van der Waals surface area contributed by atoms with Crippen LogP contribution in [0, 0.1) is 6.92 Å². The molecule has 2 aromatic heterocycles. The number of ether oxygens (including phenoxy) is 3. The van der Waals surface area contributed by atoms with Crippen molar-refractivity contribution in [2.45, 2.75) is 20.1 Å². The van der Waals surface area contributed by atoms with Gasteiger partial charge in [-0.25, -0.2) is 9.78 Å². The lowest BCUT2D eigenvalue weighted by Crippen LogP contribution is -2.00. The third-order valence-electron chi connectivity index (χ3n) is 5.63. The van der Waals surface area contributed by atoms with Gasteiger partial charge in [-0.1, -0.05) is 36.4 Å². The first-order valence-corrected chi connectivity index (χ1v) is 11.7. The number of hydrogen-bond acceptors (Lipinski definition) is 6. The number of aryl methyl sites for hydroxylation is 1. The van der Waals surface area contributed by atoms with Gasteiger partial charge in [0.05, 0.1) is 18.3 Å². The summed E-state index contributed by atoms with van der Waals surface area (Å²) in [6.07, 6.45) is 0. The Morgan fingerprint density at radius 3 is 2.59 bits per heavy atom. The van der Waals surface area contributed by atoms with Crippen LogP contribution in [0.1, 0.15) is 26.5 Å². The maximum absolute atomic E-state index is 12.0. The molecule has 3 aromatic carbocycles. The maximum atomic E-state index is 12.0. The first kappa shape index (κ1) is 21.9. The normalized spacial score (nSPS) is 11.0. The highest BCUT2D eigenvalue weighted by Crippen LogP contribution is 2.34. The Hall–Kier alpha value is -3.90. The van der Waals surface area contributed by atoms with Crippen LogP contribution in [0.3, 0.4) is 0 Å². The minimum Gasteiger partial charge on any atom is -0.489 e. The van der Waals surface area contributed by atoms with E-state index in [1.54, 1.807) is 0 Å². The molecule has 2 heterocycles. The maximum Gasteiger partial charge on any atom is 0.348 e. The zero-order chi connectivity index (χ0) is 23.5. The predicted molar refractivity (Wildman–Crippen MR) is 135 cm³/mol. The van der Waals surface area contributed by atoms with Crippen molar-refractivity contribution in [3.8, 4) is 11.5 Å². The molecule has 6 heteroatoms. The molecule has 34 heavy (non-hydrogen) atoms. The summed E-state index contributed by atoms with van der Waals surface area (Å²) in [6, 6.07) is 25.8. The molecular weight excluding hydrogens is 446 g/mol. The van der Waals surface area contributed by atoms with E-state index >= 15 is 0 Å². The quantitative estimate of drug-likeness (QED) is 0.248. The van der Waals surface area contributed by atoms with Gasteiger partial charge < -0.3 is 14.2 Å². The average molecular weight is 470 g/mol. The number of carbonyl (C=O) groups excluding carboxylic acids is 1. The van der Waals surface area contributed by atoms with Crippen LogP contribution in [-0.4, -0.2) is 18.1 Å². The molecule has 0 spiro atoms. The van der Waals surface area contributed by atoms with Gasteiger partial charge in [-0.2, -0.15) is 0 Å².